The molecule has 1 heterocycles. The van der Waals surface area contributed by atoms with Crippen LogP contribution in [0.4, 0.5) is 0 Å². The molecule has 0 atom stereocenters. The van der Waals surface area contributed by atoms with E-state index < -0.39 is 0 Å². The summed E-state index contributed by atoms with van der Waals surface area (Å²) in [7, 11) is 0. The highest BCUT2D eigenvalue weighted by Crippen LogP contribution is 2.28. The normalized spacial score (nSPS) is 16.8. The van der Waals surface area contributed by atoms with Gasteiger partial charge in [-0.1, -0.05) is 19.1 Å². The fourth-order valence-corrected chi connectivity index (χ4v) is 2.15. The molecule has 3 heteroatoms. The van der Waals surface area contributed by atoms with Crippen LogP contribution in [-0.2, 0) is 0 Å². The monoisotopic (exact) mass is 307 g/mol. The molecule has 0 bridgehead atoms. The maximum Gasteiger partial charge on any atom is 0.115 e. The number of hydrogen-bond donors (Lipinski definition) is 1. The summed E-state index contributed by atoms with van der Waals surface area (Å²) in [6.07, 6.45) is 3.08. The van der Waals surface area contributed by atoms with Gasteiger partial charge in [-0.15, -0.1) is 17.0 Å². The number of phenolic OH excluding ortho intramolecular Hbond substituents is 1. The summed E-state index contributed by atoms with van der Waals surface area (Å²) in [6, 6.07) is 7.17. The lowest BCUT2D eigenvalue weighted by Gasteiger charge is -2.00. The fourth-order valence-electron chi connectivity index (χ4n) is 2.15. The molecule has 0 spiro atoms. The van der Waals surface area contributed by atoms with E-state index in [1.807, 2.05) is 12.1 Å². The molecule has 0 amide bonds. The number of nitrogens with zero attached hydrogens (tertiary/aromatic N) is 1. The molecular formula is C15H18BrNO. The number of rotatable bonds is 2. The summed E-state index contributed by atoms with van der Waals surface area (Å²) in [5.74, 6) is 0.291. The lowest BCUT2D eigenvalue weighted by atomic mass is 10.0. The van der Waals surface area contributed by atoms with Gasteiger partial charge < -0.3 is 5.11 Å². The third-order valence-electron chi connectivity index (χ3n) is 3.11. The number of aliphatic imine (C=N–C) groups is 1. The van der Waals surface area contributed by atoms with Gasteiger partial charge in [0.2, 0.25) is 0 Å². The summed E-state index contributed by atoms with van der Waals surface area (Å²) in [5, 5.41) is 9.23. The Labute approximate surface area is 119 Å². The average molecular weight is 308 g/mol. The van der Waals surface area contributed by atoms with Crippen LogP contribution in [0.3, 0.4) is 0 Å². The molecule has 2 nitrogen and oxygen atoms in total. The van der Waals surface area contributed by atoms with E-state index >= 15 is 0 Å². The van der Waals surface area contributed by atoms with Crippen molar-refractivity contribution in [3.8, 4) is 5.75 Å². The highest BCUT2D eigenvalue weighted by Gasteiger charge is 2.15. The number of halogens is 1. The highest BCUT2D eigenvalue weighted by molar-refractivity contribution is 8.93. The lowest BCUT2D eigenvalue weighted by molar-refractivity contribution is 0.475. The van der Waals surface area contributed by atoms with Crippen LogP contribution in [0.25, 0.3) is 6.08 Å². The maximum atomic E-state index is 9.23. The first kappa shape index (κ1) is 14.7. The van der Waals surface area contributed by atoms with Gasteiger partial charge in [0.15, 0.2) is 0 Å². The second-order valence-corrected chi connectivity index (χ2v) is 4.28. The number of aromatic hydroxyl groups is 1. The van der Waals surface area contributed by atoms with Crippen molar-refractivity contribution in [3.05, 3.63) is 46.7 Å². The van der Waals surface area contributed by atoms with Gasteiger partial charge >= 0.3 is 0 Å². The molecule has 18 heavy (non-hydrogen) atoms. The van der Waals surface area contributed by atoms with Gasteiger partial charge in [-0.25, -0.2) is 0 Å². The number of phenols is 1. The van der Waals surface area contributed by atoms with Crippen LogP contribution in [-0.4, -0.2) is 10.8 Å². The van der Waals surface area contributed by atoms with Crippen LogP contribution in [0.15, 0.2) is 46.1 Å². The van der Waals surface area contributed by atoms with Crippen molar-refractivity contribution in [2.45, 2.75) is 27.2 Å². The molecule has 0 saturated heterocycles. The number of hydrogen-bond acceptors (Lipinski definition) is 2. The summed E-state index contributed by atoms with van der Waals surface area (Å²) >= 11 is 0. The van der Waals surface area contributed by atoms with E-state index in [9.17, 15) is 5.11 Å². The molecule has 0 saturated carbocycles. The van der Waals surface area contributed by atoms with Crippen LogP contribution in [0.5, 0.6) is 5.75 Å². The summed E-state index contributed by atoms with van der Waals surface area (Å²) in [4.78, 5) is 4.58. The Morgan fingerprint density at radius 3 is 2.28 bits per heavy atom. The third-order valence-corrected chi connectivity index (χ3v) is 3.11. The average Bonchev–Trinajstić information content (AvgIpc) is 2.57. The van der Waals surface area contributed by atoms with E-state index in [1.54, 1.807) is 12.1 Å². The molecule has 96 valence electrons. The minimum absolute atomic E-state index is 0. The van der Waals surface area contributed by atoms with E-state index in [4.69, 9.17) is 0 Å². The van der Waals surface area contributed by atoms with Crippen LogP contribution < -0.4 is 0 Å². The predicted molar refractivity (Wildman–Crippen MR) is 82.5 cm³/mol. The third kappa shape index (κ3) is 2.91. The molecule has 1 aliphatic heterocycles. The van der Waals surface area contributed by atoms with Crippen molar-refractivity contribution in [2.24, 2.45) is 4.99 Å². The van der Waals surface area contributed by atoms with Gasteiger partial charge in [-0.2, -0.15) is 0 Å². The Morgan fingerprint density at radius 2 is 1.78 bits per heavy atom. The predicted octanol–water partition coefficient (Wildman–Crippen LogP) is 4.51. The standard InChI is InChI=1S/C15H17NO.BrH/c1-4-14-10(2)15(16-11(14)3)9-12-5-7-13(17)8-6-12;/h5-9,17H,4H2,1-3H3;1H/b15-9+;. The minimum Gasteiger partial charge on any atom is -0.508 e. The first-order chi connectivity index (χ1) is 8.11. The van der Waals surface area contributed by atoms with Gasteiger partial charge in [0.1, 0.15) is 5.75 Å². The Bertz CT molecular complexity index is 524. The zero-order valence-electron chi connectivity index (χ0n) is 10.9. The smallest absolute Gasteiger partial charge is 0.115 e. The second-order valence-electron chi connectivity index (χ2n) is 4.28. The van der Waals surface area contributed by atoms with Crippen LogP contribution >= 0.6 is 17.0 Å². The Morgan fingerprint density at radius 1 is 1.17 bits per heavy atom. The first-order valence-corrected chi connectivity index (χ1v) is 5.88. The van der Waals surface area contributed by atoms with Crippen molar-refractivity contribution in [1.82, 2.24) is 0 Å². The summed E-state index contributed by atoms with van der Waals surface area (Å²) in [5.41, 5.74) is 5.82. The fraction of sp³-hybridized carbons (Fsp3) is 0.267. The zero-order valence-corrected chi connectivity index (χ0v) is 12.6. The Kier molecular flexibility index (Phi) is 4.91. The van der Waals surface area contributed by atoms with E-state index in [0.29, 0.717) is 5.75 Å². The largest absolute Gasteiger partial charge is 0.508 e. The quantitative estimate of drug-likeness (QED) is 0.856. The summed E-state index contributed by atoms with van der Waals surface area (Å²) in [6.45, 7) is 6.33. The summed E-state index contributed by atoms with van der Waals surface area (Å²) < 4.78 is 0. The Balaban J connectivity index is 0.00000162. The molecule has 1 aliphatic rings. The van der Waals surface area contributed by atoms with Gasteiger partial charge in [0.05, 0.1) is 5.70 Å². The van der Waals surface area contributed by atoms with E-state index in [0.717, 1.165) is 23.4 Å². The van der Waals surface area contributed by atoms with E-state index in [-0.39, 0.29) is 17.0 Å². The molecule has 0 radical (unpaired) electrons. The van der Waals surface area contributed by atoms with Crippen molar-refractivity contribution in [1.29, 1.82) is 0 Å². The SMILES string of the molecule is Br.CCC1=C(C)/C(=C\c2ccc(O)cc2)N=C1C. The second kappa shape index (κ2) is 6.01. The van der Waals surface area contributed by atoms with Crippen LogP contribution in [0, 0.1) is 0 Å². The van der Waals surface area contributed by atoms with Crippen molar-refractivity contribution in [3.63, 3.8) is 0 Å². The lowest BCUT2D eigenvalue weighted by Crippen LogP contribution is -1.91. The molecule has 0 fully saturated rings. The van der Waals surface area contributed by atoms with Crippen LogP contribution in [0.1, 0.15) is 32.8 Å². The highest BCUT2D eigenvalue weighted by atomic mass is 79.9. The maximum absolute atomic E-state index is 9.23. The van der Waals surface area contributed by atoms with Crippen molar-refractivity contribution >= 4 is 28.8 Å². The van der Waals surface area contributed by atoms with Gasteiger partial charge in [0, 0.05) is 5.71 Å². The molecule has 1 aromatic rings. The van der Waals surface area contributed by atoms with E-state index in [1.165, 1.54) is 11.1 Å². The zero-order chi connectivity index (χ0) is 12.4. The molecular weight excluding hydrogens is 290 g/mol. The molecule has 0 aliphatic carbocycles. The molecule has 1 aromatic carbocycles. The van der Waals surface area contributed by atoms with Gasteiger partial charge in [-0.05, 0) is 55.2 Å². The Hall–Kier alpha value is -1.35. The van der Waals surface area contributed by atoms with Crippen molar-refractivity contribution in [2.75, 3.05) is 0 Å². The molecule has 0 aromatic heterocycles. The van der Waals surface area contributed by atoms with Crippen molar-refractivity contribution < 1.29 is 5.11 Å². The van der Waals surface area contributed by atoms with E-state index in [2.05, 4.69) is 31.8 Å². The molecule has 0 unspecified atom stereocenters. The van der Waals surface area contributed by atoms with Crippen LogP contribution in [0.2, 0.25) is 0 Å². The van der Waals surface area contributed by atoms with Gasteiger partial charge in [-0.3, -0.25) is 4.99 Å². The number of benzene rings is 1. The number of allylic oxidation sites excluding steroid dienone is 2. The van der Waals surface area contributed by atoms with Gasteiger partial charge in [0.25, 0.3) is 0 Å². The molecule has 1 N–H and O–H groups in total. The first-order valence-electron chi connectivity index (χ1n) is 5.88. The topological polar surface area (TPSA) is 32.6 Å². The molecule has 2 rings (SSSR count). The minimum atomic E-state index is 0.